The number of rotatable bonds is 1. The molecule has 0 aliphatic rings. The zero-order valence-corrected chi connectivity index (χ0v) is 8.69. The number of thiol groups is 1. The van der Waals surface area contributed by atoms with Gasteiger partial charge in [0.25, 0.3) is 0 Å². The molecule has 0 saturated carbocycles. The highest BCUT2D eigenvalue weighted by atomic mass is 79.9. The number of fused-ring (bicyclic) bond motifs is 1. The Morgan fingerprint density at radius 3 is 3.08 bits per heavy atom. The molecule has 0 aliphatic carbocycles. The van der Waals surface area contributed by atoms with E-state index >= 15 is 0 Å². The summed E-state index contributed by atoms with van der Waals surface area (Å²) >= 11 is 7.54. The van der Waals surface area contributed by atoms with Crippen molar-refractivity contribution in [3.8, 4) is 0 Å². The van der Waals surface area contributed by atoms with Crippen molar-refractivity contribution >= 4 is 39.6 Å². The lowest BCUT2D eigenvalue weighted by atomic mass is 10.3. The Labute approximate surface area is 83.9 Å². The van der Waals surface area contributed by atoms with Crippen LogP contribution in [0.15, 0.2) is 22.7 Å². The minimum Gasteiger partial charge on any atom is -0.341 e. The number of nitrogens with zero attached hydrogens (tertiary/aromatic N) is 1. The Kier molecular flexibility index (Phi) is 2.11. The lowest BCUT2D eigenvalue weighted by Crippen LogP contribution is -1.77. The molecular weight excluding hydrogens is 236 g/mol. The van der Waals surface area contributed by atoms with Gasteiger partial charge in [-0.15, -0.1) is 0 Å². The molecule has 1 aromatic carbocycles. The van der Waals surface area contributed by atoms with Gasteiger partial charge >= 0.3 is 0 Å². The van der Waals surface area contributed by atoms with Crippen LogP contribution in [0.2, 0.25) is 0 Å². The molecule has 0 amide bonds. The van der Waals surface area contributed by atoms with E-state index in [4.69, 9.17) is 0 Å². The Balaban J connectivity index is 2.67. The second kappa shape index (κ2) is 3.11. The van der Waals surface area contributed by atoms with Crippen molar-refractivity contribution < 1.29 is 0 Å². The third-order valence-corrected chi connectivity index (χ3v) is 2.44. The summed E-state index contributed by atoms with van der Waals surface area (Å²) in [6.45, 7) is 0. The van der Waals surface area contributed by atoms with Crippen LogP contribution in [-0.2, 0) is 5.75 Å². The second-order valence-electron chi connectivity index (χ2n) is 2.50. The summed E-state index contributed by atoms with van der Waals surface area (Å²) in [5, 5.41) is 0. The summed E-state index contributed by atoms with van der Waals surface area (Å²) in [7, 11) is 0. The lowest BCUT2D eigenvalue weighted by Gasteiger charge is -1.87. The standard InChI is InChI=1S/C8H7BrN2S/c9-5-1-2-6-7(3-5)11-8(4-12)10-6/h1-3,12H,4H2,(H,10,11). The molecule has 0 spiro atoms. The highest BCUT2D eigenvalue weighted by molar-refractivity contribution is 9.10. The Bertz CT molecular complexity index is 410. The molecule has 2 nitrogen and oxygen atoms in total. The second-order valence-corrected chi connectivity index (χ2v) is 3.73. The molecule has 0 bridgehead atoms. The minimum atomic E-state index is 0.645. The smallest absolute Gasteiger partial charge is 0.117 e. The number of hydrogen-bond acceptors (Lipinski definition) is 2. The van der Waals surface area contributed by atoms with E-state index in [1.165, 1.54) is 0 Å². The zero-order chi connectivity index (χ0) is 8.55. The van der Waals surface area contributed by atoms with E-state index in [0.717, 1.165) is 21.3 Å². The molecule has 1 heterocycles. The first kappa shape index (κ1) is 8.13. The number of benzene rings is 1. The maximum atomic E-state index is 4.32. The fourth-order valence-corrected chi connectivity index (χ4v) is 1.62. The number of imidazole rings is 1. The van der Waals surface area contributed by atoms with Gasteiger partial charge in [-0.1, -0.05) is 15.9 Å². The molecule has 0 atom stereocenters. The van der Waals surface area contributed by atoms with Crippen LogP contribution in [0, 0.1) is 0 Å². The van der Waals surface area contributed by atoms with E-state index in [2.05, 4.69) is 38.5 Å². The fraction of sp³-hybridized carbons (Fsp3) is 0.125. The Morgan fingerprint density at radius 1 is 1.50 bits per heavy atom. The van der Waals surface area contributed by atoms with Gasteiger partial charge in [0.15, 0.2) is 0 Å². The summed E-state index contributed by atoms with van der Waals surface area (Å²) in [4.78, 5) is 7.49. The highest BCUT2D eigenvalue weighted by Gasteiger charge is 2.00. The third kappa shape index (κ3) is 1.36. The van der Waals surface area contributed by atoms with Crippen LogP contribution in [0.3, 0.4) is 0 Å². The molecule has 1 N–H and O–H groups in total. The lowest BCUT2D eigenvalue weighted by molar-refractivity contribution is 1.15. The molecule has 2 aromatic rings. The summed E-state index contributed by atoms with van der Waals surface area (Å²) < 4.78 is 1.06. The van der Waals surface area contributed by atoms with Crippen molar-refractivity contribution in [2.45, 2.75) is 5.75 Å². The van der Waals surface area contributed by atoms with Gasteiger partial charge in [-0.25, -0.2) is 4.98 Å². The summed E-state index contributed by atoms with van der Waals surface area (Å²) in [5.41, 5.74) is 2.04. The molecule has 0 radical (unpaired) electrons. The van der Waals surface area contributed by atoms with Crippen LogP contribution in [0.5, 0.6) is 0 Å². The molecule has 0 saturated heterocycles. The van der Waals surface area contributed by atoms with Gasteiger partial charge in [-0.05, 0) is 18.2 Å². The predicted molar refractivity (Wildman–Crippen MR) is 56.5 cm³/mol. The van der Waals surface area contributed by atoms with E-state index in [1.807, 2.05) is 18.2 Å². The monoisotopic (exact) mass is 242 g/mol. The van der Waals surface area contributed by atoms with Gasteiger partial charge in [0.1, 0.15) is 5.82 Å². The number of halogens is 1. The van der Waals surface area contributed by atoms with Gasteiger partial charge in [-0.3, -0.25) is 0 Å². The van der Waals surface area contributed by atoms with Crippen molar-refractivity contribution in [3.05, 3.63) is 28.5 Å². The van der Waals surface area contributed by atoms with Crippen LogP contribution in [0.1, 0.15) is 5.82 Å². The van der Waals surface area contributed by atoms with Crippen molar-refractivity contribution in [1.29, 1.82) is 0 Å². The molecule has 62 valence electrons. The minimum absolute atomic E-state index is 0.645. The van der Waals surface area contributed by atoms with Crippen LogP contribution >= 0.6 is 28.6 Å². The first-order chi connectivity index (χ1) is 5.79. The van der Waals surface area contributed by atoms with Gasteiger partial charge in [0.2, 0.25) is 0 Å². The molecular formula is C8H7BrN2S. The normalized spacial score (nSPS) is 10.8. The number of aromatic amines is 1. The number of H-pyrrole nitrogens is 1. The SMILES string of the molecule is SCc1nc2ccc(Br)cc2[nH]1. The number of hydrogen-bond donors (Lipinski definition) is 2. The van der Waals surface area contributed by atoms with E-state index in [9.17, 15) is 0 Å². The first-order valence-electron chi connectivity index (χ1n) is 3.54. The zero-order valence-electron chi connectivity index (χ0n) is 6.21. The average molecular weight is 243 g/mol. The van der Waals surface area contributed by atoms with E-state index in [-0.39, 0.29) is 0 Å². The molecule has 0 fully saturated rings. The number of aromatic nitrogens is 2. The average Bonchev–Trinajstić information content (AvgIpc) is 2.46. The Morgan fingerprint density at radius 2 is 2.33 bits per heavy atom. The number of nitrogens with one attached hydrogen (secondary N) is 1. The first-order valence-corrected chi connectivity index (χ1v) is 4.97. The van der Waals surface area contributed by atoms with Gasteiger partial charge in [0.05, 0.1) is 11.0 Å². The van der Waals surface area contributed by atoms with Crippen molar-refractivity contribution in [2.75, 3.05) is 0 Å². The predicted octanol–water partition coefficient (Wildman–Crippen LogP) is 2.76. The van der Waals surface area contributed by atoms with Gasteiger partial charge < -0.3 is 4.98 Å². The largest absolute Gasteiger partial charge is 0.341 e. The van der Waals surface area contributed by atoms with E-state index in [1.54, 1.807) is 0 Å². The van der Waals surface area contributed by atoms with Crippen LogP contribution in [0.25, 0.3) is 11.0 Å². The molecule has 4 heteroatoms. The van der Waals surface area contributed by atoms with E-state index < -0.39 is 0 Å². The van der Waals surface area contributed by atoms with Crippen molar-refractivity contribution in [3.63, 3.8) is 0 Å². The van der Waals surface area contributed by atoms with Crippen LogP contribution < -0.4 is 0 Å². The summed E-state index contributed by atoms with van der Waals surface area (Å²) in [6.07, 6.45) is 0. The molecule has 0 aliphatic heterocycles. The third-order valence-electron chi connectivity index (χ3n) is 1.64. The topological polar surface area (TPSA) is 28.7 Å². The molecule has 2 rings (SSSR count). The molecule has 0 unspecified atom stereocenters. The Hall–Kier alpha value is -0.480. The summed E-state index contributed by atoms with van der Waals surface area (Å²) in [5.74, 6) is 1.55. The maximum absolute atomic E-state index is 4.32. The highest BCUT2D eigenvalue weighted by Crippen LogP contribution is 2.17. The van der Waals surface area contributed by atoms with Crippen molar-refractivity contribution in [2.24, 2.45) is 0 Å². The van der Waals surface area contributed by atoms with Crippen LogP contribution in [0.4, 0.5) is 0 Å². The molecule has 12 heavy (non-hydrogen) atoms. The van der Waals surface area contributed by atoms with Gasteiger partial charge in [-0.2, -0.15) is 12.6 Å². The van der Waals surface area contributed by atoms with Crippen LogP contribution in [-0.4, -0.2) is 9.97 Å². The summed E-state index contributed by atoms with van der Waals surface area (Å²) in [6, 6.07) is 5.96. The van der Waals surface area contributed by atoms with E-state index in [0.29, 0.717) is 5.75 Å². The van der Waals surface area contributed by atoms with Gasteiger partial charge in [0, 0.05) is 10.2 Å². The quantitative estimate of drug-likeness (QED) is 0.741. The maximum Gasteiger partial charge on any atom is 0.117 e. The van der Waals surface area contributed by atoms with Crippen molar-refractivity contribution in [1.82, 2.24) is 9.97 Å². The molecule has 1 aromatic heterocycles. The fourth-order valence-electron chi connectivity index (χ4n) is 1.11.